The number of carbonyl (C=O) groups excluding carboxylic acids is 4. The third-order valence-electron chi connectivity index (χ3n) is 10.3. The monoisotopic (exact) mass is 780 g/mol. The van der Waals surface area contributed by atoms with Crippen LogP contribution in [0.1, 0.15) is 124 Å². The number of rotatable bonds is 23. The van der Waals surface area contributed by atoms with Crippen LogP contribution in [0.5, 0.6) is 17.2 Å². The molecule has 2 aliphatic rings. The van der Waals surface area contributed by atoms with Gasteiger partial charge in [-0.2, -0.15) is 0 Å². The number of hydrogen-bond acceptors (Lipinski definition) is 10. The molecule has 0 saturated heterocycles. The minimum atomic E-state index is -0.553. The highest BCUT2D eigenvalue weighted by Gasteiger charge is 2.27. The minimum absolute atomic E-state index is 0.0463. The maximum Gasteiger partial charge on any atom is 0.343 e. The summed E-state index contributed by atoms with van der Waals surface area (Å²) in [5.41, 5.74) is 5.11. The summed E-state index contributed by atoms with van der Waals surface area (Å²) < 4.78 is 33.5. The second-order valence-corrected chi connectivity index (χ2v) is 14.7. The zero-order valence-electron chi connectivity index (χ0n) is 33.2. The summed E-state index contributed by atoms with van der Waals surface area (Å²) in [5, 5.41) is 0. The fourth-order valence-corrected chi connectivity index (χ4v) is 7.11. The molecule has 0 N–H and O–H groups in total. The van der Waals surface area contributed by atoms with Crippen molar-refractivity contribution in [1.29, 1.82) is 0 Å². The normalized spacial score (nSPS) is 14.4. The second-order valence-electron chi connectivity index (χ2n) is 14.7. The van der Waals surface area contributed by atoms with Crippen LogP contribution in [-0.4, -0.2) is 56.4 Å². The van der Waals surface area contributed by atoms with Gasteiger partial charge in [-0.15, -0.1) is 0 Å². The van der Waals surface area contributed by atoms with Crippen LogP contribution in [0, 0.1) is 0 Å². The number of benzene rings is 3. The molecule has 10 nitrogen and oxygen atoms in total. The van der Waals surface area contributed by atoms with Gasteiger partial charge in [-0.3, -0.25) is 4.79 Å². The molecule has 2 aliphatic carbocycles. The van der Waals surface area contributed by atoms with Crippen LogP contribution < -0.4 is 14.2 Å². The second kappa shape index (κ2) is 22.4. The van der Waals surface area contributed by atoms with Crippen molar-refractivity contribution < 1.29 is 47.6 Å². The minimum Gasteiger partial charge on any atom is -0.494 e. The van der Waals surface area contributed by atoms with Crippen molar-refractivity contribution in [2.45, 2.75) is 109 Å². The van der Waals surface area contributed by atoms with Crippen molar-refractivity contribution >= 4 is 23.9 Å². The fourth-order valence-electron chi connectivity index (χ4n) is 7.11. The van der Waals surface area contributed by atoms with E-state index in [1.54, 1.807) is 24.3 Å². The predicted molar refractivity (Wildman–Crippen MR) is 218 cm³/mol. The first-order chi connectivity index (χ1) is 27.7. The van der Waals surface area contributed by atoms with E-state index in [0.717, 1.165) is 93.1 Å². The van der Waals surface area contributed by atoms with Gasteiger partial charge in [-0.1, -0.05) is 38.6 Å². The van der Waals surface area contributed by atoms with E-state index in [2.05, 4.69) is 32.2 Å². The van der Waals surface area contributed by atoms with Crippen molar-refractivity contribution in [3.8, 4) is 28.4 Å². The lowest BCUT2D eigenvalue weighted by molar-refractivity contribution is -0.151. The molecule has 1 fully saturated rings. The van der Waals surface area contributed by atoms with Crippen LogP contribution in [0.4, 0.5) is 0 Å². The molecule has 0 radical (unpaired) electrons. The Morgan fingerprint density at radius 3 is 1.84 bits per heavy atom. The molecular weight excluding hydrogens is 725 g/mol. The third kappa shape index (κ3) is 13.4. The van der Waals surface area contributed by atoms with Gasteiger partial charge in [0.05, 0.1) is 38.4 Å². The van der Waals surface area contributed by atoms with Crippen molar-refractivity contribution in [1.82, 2.24) is 0 Å². The highest BCUT2D eigenvalue weighted by atomic mass is 16.6. The van der Waals surface area contributed by atoms with Crippen molar-refractivity contribution in [3.63, 3.8) is 0 Å². The zero-order valence-corrected chi connectivity index (χ0v) is 33.2. The third-order valence-corrected chi connectivity index (χ3v) is 10.3. The lowest BCUT2D eigenvalue weighted by Crippen LogP contribution is -2.22. The molecule has 1 unspecified atom stereocenters. The van der Waals surface area contributed by atoms with Gasteiger partial charge < -0.3 is 28.4 Å². The molecule has 3 aromatic rings. The first-order valence-electron chi connectivity index (χ1n) is 20.4. The fraction of sp³-hybridized carbons (Fsp3) is 0.447. The molecular formula is C47H56O10. The summed E-state index contributed by atoms with van der Waals surface area (Å²) in [6.07, 6.45) is 13.0. The highest BCUT2D eigenvalue weighted by molar-refractivity contribution is 5.93. The van der Waals surface area contributed by atoms with Gasteiger partial charge in [-0.25, -0.2) is 14.4 Å². The quantitative estimate of drug-likeness (QED) is 0.0302. The van der Waals surface area contributed by atoms with Gasteiger partial charge in [-0.05, 0) is 148 Å². The van der Waals surface area contributed by atoms with E-state index >= 15 is 0 Å². The van der Waals surface area contributed by atoms with Crippen LogP contribution in [-0.2, 0) is 28.6 Å². The van der Waals surface area contributed by atoms with Crippen LogP contribution in [0.3, 0.4) is 0 Å². The largest absolute Gasteiger partial charge is 0.494 e. The zero-order chi connectivity index (χ0) is 40.4. The van der Waals surface area contributed by atoms with E-state index in [1.165, 1.54) is 18.1 Å². The summed E-state index contributed by atoms with van der Waals surface area (Å²) in [6, 6.07) is 18.9. The Morgan fingerprint density at radius 1 is 0.667 bits per heavy atom. The summed E-state index contributed by atoms with van der Waals surface area (Å²) >= 11 is 0. The highest BCUT2D eigenvalue weighted by Crippen LogP contribution is 2.47. The first kappa shape index (κ1) is 42.8. The Labute approximate surface area is 336 Å². The average molecular weight is 781 g/mol. The molecule has 0 bridgehead atoms. The van der Waals surface area contributed by atoms with Crippen molar-refractivity contribution in [3.05, 3.63) is 102 Å². The van der Waals surface area contributed by atoms with E-state index < -0.39 is 17.9 Å². The summed E-state index contributed by atoms with van der Waals surface area (Å²) in [4.78, 5) is 48.5. The summed E-state index contributed by atoms with van der Waals surface area (Å²) in [7, 11) is 0. The van der Waals surface area contributed by atoms with E-state index in [0.29, 0.717) is 43.3 Å². The Kier molecular flexibility index (Phi) is 16.8. The van der Waals surface area contributed by atoms with E-state index in [1.807, 2.05) is 24.3 Å². The molecule has 0 spiro atoms. The van der Waals surface area contributed by atoms with Crippen molar-refractivity contribution in [2.75, 3.05) is 26.4 Å². The average Bonchev–Trinajstić information content (AvgIpc) is 3.49. The lowest BCUT2D eigenvalue weighted by atomic mass is 9.98. The molecule has 10 heteroatoms. The molecule has 0 aromatic heterocycles. The maximum atomic E-state index is 13.0. The summed E-state index contributed by atoms with van der Waals surface area (Å²) in [5.74, 6) is 0.304. The molecule has 1 atom stereocenters. The smallest absolute Gasteiger partial charge is 0.343 e. The number of ether oxygens (including phenoxy) is 6. The Balaban J connectivity index is 0.949. The molecule has 5 rings (SSSR count). The number of hydrogen-bond donors (Lipinski definition) is 0. The SMILES string of the molecule is C=CC(=O)OCCCCCCOc1ccc2c(c1)C(C)c1cc(OC(=O)c3ccc(OCCCCCCOC(=O)C(=C)CC(=O)OC4CCCCC4)cc3)ccc1-2. The Morgan fingerprint density at radius 2 is 1.21 bits per heavy atom. The molecule has 304 valence electrons. The van der Waals surface area contributed by atoms with Gasteiger partial charge in [0.2, 0.25) is 0 Å². The first-order valence-corrected chi connectivity index (χ1v) is 20.4. The number of carbonyl (C=O) groups is 4. The van der Waals surface area contributed by atoms with Gasteiger partial charge >= 0.3 is 23.9 Å². The van der Waals surface area contributed by atoms with Crippen LogP contribution in [0.2, 0.25) is 0 Å². The van der Waals surface area contributed by atoms with Gasteiger partial charge in [0.1, 0.15) is 23.4 Å². The van der Waals surface area contributed by atoms with Gasteiger partial charge in [0.25, 0.3) is 0 Å². The van der Waals surface area contributed by atoms with Crippen LogP contribution in [0.25, 0.3) is 11.1 Å². The number of esters is 4. The lowest BCUT2D eigenvalue weighted by Gasteiger charge is -2.21. The molecule has 3 aromatic carbocycles. The van der Waals surface area contributed by atoms with Gasteiger partial charge in [0, 0.05) is 17.6 Å². The molecule has 57 heavy (non-hydrogen) atoms. The van der Waals surface area contributed by atoms with Crippen LogP contribution >= 0.6 is 0 Å². The topological polar surface area (TPSA) is 124 Å². The van der Waals surface area contributed by atoms with E-state index in [-0.39, 0.29) is 36.6 Å². The van der Waals surface area contributed by atoms with E-state index in [4.69, 9.17) is 28.4 Å². The number of fused-ring (bicyclic) bond motifs is 3. The summed E-state index contributed by atoms with van der Waals surface area (Å²) in [6.45, 7) is 11.1. The Bertz CT molecular complexity index is 1840. The van der Waals surface area contributed by atoms with Crippen LogP contribution in [0.15, 0.2) is 85.5 Å². The molecule has 0 heterocycles. The predicted octanol–water partition coefficient (Wildman–Crippen LogP) is 10.0. The van der Waals surface area contributed by atoms with Gasteiger partial charge in [0.15, 0.2) is 0 Å². The molecule has 0 amide bonds. The molecule has 0 aliphatic heterocycles. The molecule has 1 saturated carbocycles. The van der Waals surface area contributed by atoms with Crippen molar-refractivity contribution in [2.24, 2.45) is 0 Å². The maximum absolute atomic E-state index is 13.0. The standard InChI is InChI=1S/C47H56O10/c1-4-44(48)54-28-14-7-5-13-27-53-38-22-24-40-41-25-23-39(32-43(41)34(3)42(40)31-38)57-47(51)35-18-20-36(21-19-35)52-26-12-6-8-15-29-55-46(50)33(2)30-45(49)56-37-16-10-9-11-17-37/h4,18-25,31-32,34,37H,1-2,5-17,26-30H2,3H3. The number of unbranched alkanes of at least 4 members (excludes halogenated alkanes) is 6. The Hall–Kier alpha value is -5.38. The van der Waals surface area contributed by atoms with E-state index in [9.17, 15) is 19.2 Å².